The first kappa shape index (κ1) is 10.8. The van der Waals surface area contributed by atoms with Crippen molar-refractivity contribution >= 4 is 22.8 Å². The lowest BCUT2D eigenvalue weighted by molar-refractivity contribution is -0.119. The molecule has 2 aliphatic heterocycles. The van der Waals surface area contributed by atoms with Gasteiger partial charge in [-0.3, -0.25) is 9.79 Å². The summed E-state index contributed by atoms with van der Waals surface area (Å²) in [6.45, 7) is 5.05. The van der Waals surface area contributed by atoms with Crippen molar-refractivity contribution in [2.45, 2.75) is 38.3 Å². The Bertz CT molecular complexity index is 301. The van der Waals surface area contributed by atoms with Gasteiger partial charge in [0.05, 0.1) is 12.5 Å². The molecule has 0 radical (unpaired) electrons. The Balaban J connectivity index is 1.97. The first-order valence-corrected chi connectivity index (χ1v) is 6.29. The maximum atomic E-state index is 11.0. The van der Waals surface area contributed by atoms with E-state index in [-0.39, 0.29) is 17.5 Å². The van der Waals surface area contributed by atoms with Gasteiger partial charge < -0.3 is 10.6 Å². The molecule has 2 fully saturated rings. The topological polar surface area (TPSA) is 53.5 Å². The van der Waals surface area contributed by atoms with Gasteiger partial charge in [-0.1, -0.05) is 11.8 Å². The summed E-state index contributed by atoms with van der Waals surface area (Å²) < 4.78 is 0. The monoisotopic (exact) mass is 227 g/mol. The summed E-state index contributed by atoms with van der Waals surface area (Å²) in [7, 11) is 0. The quantitative estimate of drug-likeness (QED) is 0.694. The summed E-state index contributed by atoms with van der Waals surface area (Å²) >= 11 is 1.75. The van der Waals surface area contributed by atoms with Gasteiger partial charge in [-0.25, -0.2) is 0 Å². The molecule has 2 aliphatic rings. The minimum absolute atomic E-state index is 0.115. The molecule has 84 valence electrons. The maximum Gasteiger partial charge on any atom is 0.222 e. The van der Waals surface area contributed by atoms with E-state index >= 15 is 0 Å². The predicted molar refractivity (Wildman–Crippen MR) is 63.1 cm³/mol. The lowest BCUT2D eigenvalue weighted by Crippen LogP contribution is -2.46. The second kappa shape index (κ2) is 4.04. The number of rotatable bonds is 1. The van der Waals surface area contributed by atoms with Crippen LogP contribution in [0.2, 0.25) is 0 Å². The van der Waals surface area contributed by atoms with Crippen LogP contribution in [0.1, 0.15) is 26.7 Å². The van der Waals surface area contributed by atoms with E-state index in [0.717, 1.165) is 17.3 Å². The van der Waals surface area contributed by atoms with E-state index in [1.165, 1.54) is 0 Å². The van der Waals surface area contributed by atoms with Gasteiger partial charge in [-0.15, -0.1) is 0 Å². The molecule has 4 nitrogen and oxygen atoms in total. The van der Waals surface area contributed by atoms with Gasteiger partial charge >= 0.3 is 0 Å². The van der Waals surface area contributed by atoms with E-state index in [9.17, 15) is 4.79 Å². The molecular weight excluding hydrogens is 210 g/mol. The van der Waals surface area contributed by atoms with Crippen molar-refractivity contribution in [3.63, 3.8) is 0 Å². The average molecular weight is 227 g/mol. The van der Waals surface area contributed by atoms with Crippen LogP contribution in [0.25, 0.3) is 0 Å². The largest absolute Gasteiger partial charge is 0.360 e. The zero-order chi connectivity index (χ0) is 10.9. The van der Waals surface area contributed by atoms with Gasteiger partial charge in [0.1, 0.15) is 0 Å². The maximum absolute atomic E-state index is 11.0. The standard InChI is InChI=1S/C10H17N3OS/c1-10(2)3-4-15-9(13-10)12-7-5-8(14)11-6-7/h7H,3-6H2,1-2H3,(H,11,14)(H,12,13). The summed E-state index contributed by atoms with van der Waals surface area (Å²) in [5, 5.41) is 7.20. The van der Waals surface area contributed by atoms with Gasteiger partial charge in [0.2, 0.25) is 5.91 Å². The Morgan fingerprint density at radius 3 is 2.93 bits per heavy atom. The van der Waals surface area contributed by atoms with Crippen molar-refractivity contribution in [1.82, 2.24) is 10.6 Å². The van der Waals surface area contributed by atoms with Crippen LogP contribution >= 0.6 is 11.8 Å². The van der Waals surface area contributed by atoms with E-state index in [2.05, 4.69) is 29.5 Å². The van der Waals surface area contributed by atoms with Gasteiger partial charge in [0.15, 0.2) is 5.17 Å². The Labute approximate surface area is 94.3 Å². The normalized spacial score (nSPS) is 32.5. The number of nitrogens with one attached hydrogen (secondary N) is 2. The number of carbonyl (C=O) groups excluding carboxylic acids is 1. The van der Waals surface area contributed by atoms with E-state index in [1.54, 1.807) is 11.8 Å². The summed E-state index contributed by atoms with van der Waals surface area (Å²) in [6, 6.07) is 0.126. The molecule has 5 heteroatoms. The number of amidine groups is 1. The summed E-state index contributed by atoms with van der Waals surface area (Å²) in [4.78, 5) is 15.6. The van der Waals surface area contributed by atoms with E-state index in [0.29, 0.717) is 13.0 Å². The van der Waals surface area contributed by atoms with Crippen molar-refractivity contribution in [2.75, 3.05) is 12.3 Å². The number of aliphatic imine (C=N–C) groups is 1. The molecule has 2 heterocycles. The van der Waals surface area contributed by atoms with Crippen LogP contribution in [0.4, 0.5) is 0 Å². The molecule has 0 aliphatic carbocycles. The molecule has 1 unspecified atom stereocenters. The lowest BCUT2D eigenvalue weighted by Gasteiger charge is -2.32. The van der Waals surface area contributed by atoms with Gasteiger partial charge in [-0.05, 0) is 20.3 Å². The second-order valence-corrected chi connectivity index (χ2v) is 5.79. The van der Waals surface area contributed by atoms with Crippen LogP contribution in [0.15, 0.2) is 4.99 Å². The number of nitrogens with zero attached hydrogens (tertiary/aromatic N) is 1. The van der Waals surface area contributed by atoms with E-state index < -0.39 is 0 Å². The molecule has 0 aromatic rings. The van der Waals surface area contributed by atoms with Crippen LogP contribution in [0.3, 0.4) is 0 Å². The average Bonchev–Trinajstić information content (AvgIpc) is 2.49. The Kier molecular flexibility index (Phi) is 2.91. The first-order valence-electron chi connectivity index (χ1n) is 5.31. The molecule has 0 aromatic carbocycles. The molecule has 2 rings (SSSR count). The van der Waals surface area contributed by atoms with Crippen molar-refractivity contribution in [3.05, 3.63) is 0 Å². The highest BCUT2D eigenvalue weighted by atomic mass is 32.2. The first-order chi connectivity index (χ1) is 7.05. The smallest absolute Gasteiger partial charge is 0.222 e. The van der Waals surface area contributed by atoms with Crippen molar-refractivity contribution in [1.29, 1.82) is 0 Å². The van der Waals surface area contributed by atoms with Gasteiger partial charge in [0.25, 0.3) is 0 Å². The molecule has 1 atom stereocenters. The van der Waals surface area contributed by atoms with Crippen molar-refractivity contribution in [2.24, 2.45) is 4.99 Å². The van der Waals surface area contributed by atoms with Crippen LogP contribution < -0.4 is 10.6 Å². The third-order valence-electron chi connectivity index (χ3n) is 2.67. The molecule has 0 bridgehead atoms. The predicted octanol–water partition coefficient (Wildman–Crippen LogP) is 0.736. The highest BCUT2D eigenvalue weighted by Gasteiger charge is 2.26. The Hall–Kier alpha value is -0.710. The number of carbonyl (C=O) groups is 1. The number of amides is 1. The second-order valence-electron chi connectivity index (χ2n) is 4.70. The summed E-state index contributed by atoms with van der Waals surface area (Å²) in [5.74, 6) is 1.22. The SMILES string of the molecule is CC1(C)CCSC(=NC2CNC(=O)C2)N1. The van der Waals surface area contributed by atoms with Crippen molar-refractivity contribution < 1.29 is 4.79 Å². The van der Waals surface area contributed by atoms with Crippen molar-refractivity contribution in [3.8, 4) is 0 Å². The fraction of sp³-hybridized carbons (Fsp3) is 0.800. The number of thioether (sulfide) groups is 1. The molecule has 0 aromatic heterocycles. The van der Waals surface area contributed by atoms with E-state index in [4.69, 9.17) is 0 Å². The molecule has 2 saturated heterocycles. The van der Waals surface area contributed by atoms with Gasteiger partial charge in [0, 0.05) is 17.8 Å². The highest BCUT2D eigenvalue weighted by Crippen LogP contribution is 2.22. The van der Waals surface area contributed by atoms with Crippen LogP contribution in [-0.4, -0.2) is 35.0 Å². The zero-order valence-electron chi connectivity index (χ0n) is 9.17. The Morgan fingerprint density at radius 1 is 1.53 bits per heavy atom. The third kappa shape index (κ3) is 2.87. The minimum atomic E-state index is 0.115. The van der Waals surface area contributed by atoms with Crippen LogP contribution in [0.5, 0.6) is 0 Å². The molecule has 0 spiro atoms. The zero-order valence-corrected chi connectivity index (χ0v) is 9.99. The molecule has 2 N–H and O–H groups in total. The summed E-state index contributed by atoms with van der Waals surface area (Å²) in [5.41, 5.74) is 0.139. The third-order valence-corrected chi connectivity index (χ3v) is 3.56. The number of hydrogen-bond acceptors (Lipinski definition) is 3. The highest BCUT2D eigenvalue weighted by molar-refractivity contribution is 8.13. The lowest BCUT2D eigenvalue weighted by atomic mass is 10.0. The summed E-state index contributed by atoms with van der Waals surface area (Å²) in [6.07, 6.45) is 1.69. The van der Waals surface area contributed by atoms with Crippen LogP contribution in [-0.2, 0) is 4.79 Å². The minimum Gasteiger partial charge on any atom is -0.360 e. The molecule has 0 saturated carbocycles. The van der Waals surface area contributed by atoms with Gasteiger partial charge in [-0.2, -0.15) is 0 Å². The fourth-order valence-corrected chi connectivity index (χ4v) is 3.09. The molecule has 15 heavy (non-hydrogen) atoms. The molecule has 1 amide bonds. The van der Waals surface area contributed by atoms with E-state index in [1.807, 2.05) is 0 Å². The fourth-order valence-electron chi connectivity index (χ4n) is 1.71. The Morgan fingerprint density at radius 2 is 2.33 bits per heavy atom. The van der Waals surface area contributed by atoms with Crippen LogP contribution in [0, 0.1) is 0 Å². The molecular formula is C10H17N3OS. The number of hydrogen-bond donors (Lipinski definition) is 2.